The molecule has 0 saturated carbocycles. The van der Waals surface area contributed by atoms with Crippen LogP contribution in [-0.2, 0) is 0 Å². The Balaban J connectivity index is 0.000000240. The van der Waals surface area contributed by atoms with Crippen molar-refractivity contribution >= 4 is 54.4 Å². The summed E-state index contributed by atoms with van der Waals surface area (Å²) in [4.78, 5) is 4.83. The van der Waals surface area contributed by atoms with E-state index in [1.54, 1.807) is 0 Å². The van der Waals surface area contributed by atoms with E-state index in [0.29, 0.717) is 0 Å². The van der Waals surface area contributed by atoms with Gasteiger partial charge in [-0.05, 0) is 150 Å². The van der Waals surface area contributed by atoms with Crippen molar-refractivity contribution in [1.82, 2.24) is 0 Å². The molecule has 0 saturated heterocycles. The highest BCUT2D eigenvalue weighted by molar-refractivity contribution is 6.32. The maximum absolute atomic E-state index is 4.83. The van der Waals surface area contributed by atoms with Crippen molar-refractivity contribution in [2.75, 3.05) is 0 Å². The predicted octanol–water partition coefficient (Wildman–Crippen LogP) is 17.0. The summed E-state index contributed by atoms with van der Waals surface area (Å²) in [6, 6.07) is 45.9. The summed E-state index contributed by atoms with van der Waals surface area (Å²) >= 11 is 0. The van der Waals surface area contributed by atoms with Gasteiger partial charge in [0.2, 0.25) is 0 Å². The van der Waals surface area contributed by atoms with Gasteiger partial charge in [0.25, 0.3) is 0 Å². The zero-order valence-electron chi connectivity index (χ0n) is 35.9. The summed E-state index contributed by atoms with van der Waals surface area (Å²) in [5.41, 5.74) is 12.1. The van der Waals surface area contributed by atoms with Crippen LogP contribution in [0.15, 0.2) is 174 Å². The van der Waals surface area contributed by atoms with Crippen LogP contribution in [0.25, 0.3) is 59.8 Å². The van der Waals surface area contributed by atoms with Crippen LogP contribution in [0.5, 0.6) is 0 Å². The Morgan fingerprint density at radius 1 is 0.518 bits per heavy atom. The Morgan fingerprint density at radius 2 is 1.12 bits per heavy atom. The number of hydrogen-bond donors (Lipinski definition) is 0. The molecular weight excluding hydrogens is 675 g/mol. The standard InChI is InChI=1S/C30H22.C21H27N.2C2H6/c1-19-9-8-14-26-28(19)29-20(2)17-23(21-10-4-3-5-11-21)18-27(29)25-16-15-22-12-6-7-13-24(22)30(25)26;1-7-12-19(8-2)21(22-18(6)16(3)4)15-17(5)20-13-10-9-11-14-20;2*1-2/h3-18H,1-2H3;7-15H,1-6H3;2*1-2H3/b;12-7-,17-15+,19-8+,22-21?;;. The second-order valence-corrected chi connectivity index (χ2v) is 13.8. The van der Waals surface area contributed by atoms with Crippen LogP contribution in [0.2, 0.25) is 0 Å². The summed E-state index contributed by atoms with van der Waals surface area (Å²) in [7, 11) is 0. The number of benzene rings is 7. The quantitative estimate of drug-likeness (QED) is 0.0916. The van der Waals surface area contributed by atoms with Crippen LogP contribution in [0.1, 0.15) is 85.9 Å². The normalized spacial score (nSPS) is 11.8. The minimum Gasteiger partial charge on any atom is -0.253 e. The van der Waals surface area contributed by atoms with Crippen molar-refractivity contribution in [2.24, 2.45) is 4.99 Å². The highest BCUT2D eigenvalue weighted by atomic mass is 14.8. The first-order valence-electron chi connectivity index (χ1n) is 20.3. The molecule has 0 heterocycles. The first-order chi connectivity index (χ1) is 27.2. The lowest BCUT2D eigenvalue weighted by molar-refractivity contribution is 1.19. The molecule has 0 radical (unpaired) electrons. The van der Waals surface area contributed by atoms with Gasteiger partial charge in [0.05, 0.1) is 5.71 Å². The lowest BCUT2D eigenvalue weighted by Gasteiger charge is -2.17. The second-order valence-electron chi connectivity index (χ2n) is 13.8. The fourth-order valence-electron chi connectivity index (χ4n) is 7.09. The van der Waals surface area contributed by atoms with Gasteiger partial charge < -0.3 is 0 Å². The number of fused-ring (bicyclic) bond motifs is 8. The third-order valence-electron chi connectivity index (χ3n) is 10.0. The fourth-order valence-corrected chi connectivity index (χ4v) is 7.09. The van der Waals surface area contributed by atoms with Gasteiger partial charge in [-0.3, -0.25) is 4.99 Å². The van der Waals surface area contributed by atoms with E-state index in [1.165, 1.54) is 82.1 Å². The molecule has 0 aliphatic heterocycles. The Labute approximate surface area is 337 Å². The molecule has 0 bridgehead atoms. The lowest BCUT2D eigenvalue weighted by Crippen LogP contribution is -1.99. The maximum Gasteiger partial charge on any atom is 0.0704 e. The van der Waals surface area contributed by atoms with Crippen LogP contribution in [-0.4, -0.2) is 5.71 Å². The van der Waals surface area contributed by atoms with Crippen LogP contribution >= 0.6 is 0 Å². The first-order valence-corrected chi connectivity index (χ1v) is 20.3. The average Bonchev–Trinajstić information content (AvgIpc) is 3.24. The van der Waals surface area contributed by atoms with Crippen molar-refractivity contribution in [3.05, 3.63) is 185 Å². The van der Waals surface area contributed by atoms with E-state index in [4.69, 9.17) is 4.99 Å². The minimum absolute atomic E-state index is 1.00. The zero-order valence-corrected chi connectivity index (χ0v) is 35.9. The maximum atomic E-state index is 4.83. The van der Waals surface area contributed by atoms with Gasteiger partial charge in [-0.2, -0.15) is 0 Å². The molecule has 1 nitrogen and oxygen atoms in total. The molecule has 7 aromatic carbocycles. The number of allylic oxidation sites excluding steroid dienone is 8. The van der Waals surface area contributed by atoms with Crippen LogP contribution in [0.3, 0.4) is 0 Å². The zero-order chi connectivity index (χ0) is 40.8. The molecule has 1 heteroatoms. The molecule has 286 valence electrons. The first kappa shape index (κ1) is 42.9. The van der Waals surface area contributed by atoms with Gasteiger partial charge in [-0.1, -0.05) is 173 Å². The Bertz CT molecular complexity index is 2550. The van der Waals surface area contributed by atoms with E-state index >= 15 is 0 Å². The molecule has 56 heavy (non-hydrogen) atoms. The number of aliphatic imine (C=N–C) groups is 1. The van der Waals surface area contributed by atoms with Gasteiger partial charge in [0.15, 0.2) is 0 Å². The van der Waals surface area contributed by atoms with Crippen molar-refractivity contribution in [1.29, 1.82) is 0 Å². The molecule has 7 rings (SSSR count). The van der Waals surface area contributed by atoms with Crippen molar-refractivity contribution < 1.29 is 0 Å². The molecular formula is C55H61N. The summed E-state index contributed by atoms with van der Waals surface area (Å²) < 4.78 is 0. The molecule has 0 aromatic heterocycles. The average molecular weight is 736 g/mol. The van der Waals surface area contributed by atoms with E-state index < -0.39 is 0 Å². The van der Waals surface area contributed by atoms with Crippen molar-refractivity contribution in [3.8, 4) is 11.1 Å². The summed E-state index contributed by atoms with van der Waals surface area (Å²) in [6.45, 7) is 25.0. The Hall–Kier alpha value is -5.79. The SMILES string of the molecule is C/C=C\C(=C/C)C(/C=C(\C)c1ccccc1)=NC(C)=C(C)C.CC.CC.Cc1cc(-c2ccccc2)cc2c3ccc4ccccc4c3c3cccc(C)c3c12. The van der Waals surface area contributed by atoms with E-state index in [2.05, 4.69) is 181 Å². The highest BCUT2D eigenvalue weighted by Crippen LogP contribution is 2.42. The number of aryl methyl sites for hydroxylation is 2. The predicted molar refractivity (Wildman–Crippen MR) is 254 cm³/mol. The minimum atomic E-state index is 1.00. The number of rotatable bonds is 6. The monoisotopic (exact) mass is 735 g/mol. The molecule has 0 N–H and O–H groups in total. The molecule has 0 unspecified atom stereocenters. The van der Waals surface area contributed by atoms with Crippen LogP contribution < -0.4 is 0 Å². The van der Waals surface area contributed by atoms with Gasteiger partial charge in [-0.25, -0.2) is 0 Å². The van der Waals surface area contributed by atoms with Gasteiger partial charge >= 0.3 is 0 Å². The largest absolute Gasteiger partial charge is 0.253 e. The third kappa shape index (κ3) is 9.71. The van der Waals surface area contributed by atoms with E-state index in [-0.39, 0.29) is 0 Å². The molecule has 0 atom stereocenters. The lowest BCUT2D eigenvalue weighted by atomic mass is 9.86. The summed E-state index contributed by atoms with van der Waals surface area (Å²) in [5.74, 6) is 0. The Kier molecular flexibility index (Phi) is 15.9. The third-order valence-corrected chi connectivity index (χ3v) is 10.0. The van der Waals surface area contributed by atoms with Gasteiger partial charge in [0, 0.05) is 5.70 Å². The molecule has 7 aromatic rings. The molecule has 0 amide bonds. The van der Waals surface area contributed by atoms with E-state index in [9.17, 15) is 0 Å². The van der Waals surface area contributed by atoms with Crippen LogP contribution in [0, 0.1) is 13.8 Å². The number of nitrogens with zero attached hydrogens (tertiary/aromatic N) is 1. The fraction of sp³-hybridized carbons (Fsp3) is 0.218. The molecule has 0 aliphatic carbocycles. The second kappa shape index (κ2) is 20.8. The van der Waals surface area contributed by atoms with Gasteiger partial charge in [-0.15, -0.1) is 0 Å². The smallest absolute Gasteiger partial charge is 0.0704 e. The van der Waals surface area contributed by atoms with E-state index in [1.807, 2.05) is 53.7 Å². The summed E-state index contributed by atoms with van der Waals surface area (Å²) in [6.07, 6.45) is 8.42. The molecule has 0 spiro atoms. The highest BCUT2D eigenvalue weighted by Gasteiger charge is 2.15. The summed E-state index contributed by atoms with van der Waals surface area (Å²) in [5, 5.41) is 10.8. The van der Waals surface area contributed by atoms with Gasteiger partial charge in [0.1, 0.15) is 0 Å². The van der Waals surface area contributed by atoms with Crippen LogP contribution in [0.4, 0.5) is 0 Å². The van der Waals surface area contributed by atoms with Crippen molar-refractivity contribution in [2.45, 2.75) is 83.1 Å². The topological polar surface area (TPSA) is 12.4 Å². The van der Waals surface area contributed by atoms with Crippen molar-refractivity contribution in [3.63, 3.8) is 0 Å². The molecule has 0 aliphatic rings. The Morgan fingerprint density at radius 3 is 1.77 bits per heavy atom. The number of hydrogen-bond acceptors (Lipinski definition) is 1. The molecule has 0 fully saturated rings. The van der Waals surface area contributed by atoms with E-state index in [0.717, 1.165) is 17.0 Å².